The van der Waals surface area contributed by atoms with Crippen LogP contribution in [0, 0.1) is 11.8 Å². The van der Waals surface area contributed by atoms with Gasteiger partial charge in [0, 0.05) is 24.7 Å². The molecule has 25 heavy (non-hydrogen) atoms. The SMILES string of the molecule is CCCCC[C@H](O)C=C[C@@H]1C(=O)C[C@H](O)[C@H]1CC=CCCCC(=O)O. The Bertz CT molecular complexity index is 469. The van der Waals surface area contributed by atoms with Gasteiger partial charge in [-0.05, 0) is 25.7 Å². The van der Waals surface area contributed by atoms with Crippen LogP contribution in [-0.2, 0) is 9.59 Å². The lowest BCUT2D eigenvalue weighted by molar-refractivity contribution is -0.137. The van der Waals surface area contributed by atoms with Crippen LogP contribution in [0.4, 0.5) is 0 Å². The Balaban J connectivity index is 2.48. The van der Waals surface area contributed by atoms with Gasteiger partial charge in [-0.3, -0.25) is 9.59 Å². The zero-order valence-electron chi connectivity index (χ0n) is 15.1. The quantitative estimate of drug-likeness (QED) is 0.370. The van der Waals surface area contributed by atoms with Crippen molar-refractivity contribution in [3.05, 3.63) is 24.3 Å². The van der Waals surface area contributed by atoms with Gasteiger partial charge >= 0.3 is 5.97 Å². The molecular weight excluding hydrogens is 320 g/mol. The molecule has 1 aliphatic carbocycles. The second kappa shape index (κ2) is 12.0. The molecule has 0 aromatic carbocycles. The smallest absolute Gasteiger partial charge is 0.303 e. The Hall–Kier alpha value is -1.46. The van der Waals surface area contributed by atoms with Crippen LogP contribution in [0.25, 0.3) is 0 Å². The minimum Gasteiger partial charge on any atom is -0.481 e. The maximum Gasteiger partial charge on any atom is 0.303 e. The van der Waals surface area contributed by atoms with Crippen LogP contribution >= 0.6 is 0 Å². The number of hydrogen-bond acceptors (Lipinski definition) is 4. The molecule has 1 aliphatic rings. The van der Waals surface area contributed by atoms with Gasteiger partial charge < -0.3 is 15.3 Å². The molecule has 0 aromatic heterocycles. The third kappa shape index (κ3) is 8.45. The zero-order valence-corrected chi connectivity index (χ0v) is 15.1. The molecular formula is C20H32O5. The van der Waals surface area contributed by atoms with E-state index in [4.69, 9.17) is 5.11 Å². The lowest BCUT2D eigenvalue weighted by atomic mass is 9.90. The van der Waals surface area contributed by atoms with Gasteiger partial charge in [-0.15, -0.1) is 0 Å². The Morgan fingerprint density at radius 1 is 1.28 bits per heavy atom. The van der Waals surface area contributed by atoms with Gasteiger partial charge in [0.1, 0.15) is 5.78 Å². The van der Waals surface area contributed by atoms with E-state index in [1.165, 1.54) is 0 Å². The summed E-state index contributed by atoms with van der Waals surface area (Å²) in [6.45, 7) is 2.11. The molecule has 0 bridgehead atoms. The van der Waals surface area contributed by atoms with Crippen LogP contribution in [0.3, 0.4) is 0 Å². The summed E-state index contributed by atoms with van der Waals surface area (Å²) < 4.78 is 0. The molecule has 1 fully saturated rings. The molecule has 0 aromatic rings. The summed E-state index contributed by atoms with van der Waals surface area (Å²) in [6.07, 6.45) is 12.1. The van der Waals surface area contributed by atoms with Gasteiger partial charge in [-0.2, -0.15) is 0 Å². The number of aliphatic hydroxyl groups is 2. The van der Waals surface area contributed by atoms with Gasteiger partial charge in [0.25, 0.3) is 0 Å². The van der Waals surface area contributed by atoms with Crippen molar-refractivity contribution in [2.24, 2.45) is 11.8 Å². The number of ketones is 1. The van der Waals surface area contributed by atoms with E-state index in [1.54, 1.807) is 12.2 Å². The summed E-state index contributed by atoms with van der Waals surface area (Å²) in [7, 11) is 0. The molecule has 0 unspecified atom stereocenters. The first kappa shape index (κ1) is 21.6. The van der Waals surface area contributed by atoms with Gasteiger partial charge in [-0.1, -0.05) is 50.5 Å². The van der Waals surface area contributed by atoms with Crippen molar-refractivity contribution in [1.29, 1.82) is 0 Å². The van der Waals surface area contributed by atoms with Crippen LogP contribution in [-0.4, -0.2) is 39.3 Å². The highest BCUT2D eigenvalue weighted by Gasteiger charge is 2.39. The van der Waals surface area contributed by atoms with Crippen LogP contribution in [0.5, 0.6) is 0 Å². The predicted molar refractivity (Wildman–Crippen MR) is 97.1 cm³/mol. The summed E-state index contributed by atoms with van der Waals surface area (Å²) >= 11 is 0. The number of aliphatic carboxylic acids is 1. The monoisotopic (exact) mass is 352 g/mol. The Morgan fingerprint density at radius 3 is 2.72 bits per heavy atom. The lowest BCUT2D eigenvalue weighted by Gasteiger charge is -2.17. The van der Waals surface area contributed by atoms with Gasteiger partial charge in [-0.25, -0.2) is 0 Å². The van der Waals surface area contributed by atoms with Crippen LogP contribution in [0.1, 0.15) is 64.7 Å². The number of carbonyl (C=O) groups excluding carboxylic acids is 1. The topological polar surface area (TPSA) is 94.8 Å². The number of carbonyl (C=O) groups is 2. The average molecular weight is 352 g/mol. The fourth-order valence-electron chi connectivity index (χ4n) is 3.22. The minimum absolute atomic E-state index is 0.0220. The number of Topliss-reactive ketones (excluding diaryl/α,β-unsaturated/α-hetero) is 1. The van der Waals surface area contributed by atoms with Crippen molar-refractivity contribution in [3.8, 4) is 0 Å². The first-order valence-electron chi connectivity index (χ1n) is 9.39. The fourth-order valence-corrected chi connectivity index (χ4v) is 3.22. The zero-order chi connectivity index (χ0) is 18.7. The molecule has 1 rings (SSSR count). The second-order valence-electron chi connectivity index (χ2n) is 6.87. The number of carboxylic acid groups (broad SMARTS) is 1. The van der Waals surface area contributed by atoms with Crippen molar-refractivity contribution in [3.63, 3.8) is 0 Å². The van der Waals surface area contributed by atoms with E-state index in [9.17, 15) is 19.8 Å². The third-order valence-corrected chi connectivity index (χ3v) is 4.72. The number of rotatable bonds is 12. The number of hydrogen-bond donors (Lipinski definition) is 3. The van der Waals surface area contributed by atoms with E-state index in [-0.39, 0.29) is 30.5 Å². The lowest BCUT2D eigenvalue weighted by Crippen LogP contribution is -2.19. The van der Waals surface area contributed by atoms with Crippen molar-refractivity contribution in [2.75, 3.05) is 0 Å². The van der Waals surface area contributed by atoms with E-state index >= 15 is 0 Å². The highest BCUT2D eigenvalue weighted by Crippen LogP contribution is 2.33. The predicted octanol–water partition coefficient (Wildman–Crippen LogP) is 3.25. The van der Waals surface area contributed by atoms with Crippen molar-refractivity contribution >= 4 is 11.8 Å². The van der Waals surface area contributed by atoms with Crippen molar-refractivity contribution < 1.29 is 24.9 Å². The minimum atomic E-state index is -0.798. The molecule has 0 amide bonds. The Morgan fingerprint density at radius 2 is 2.04 bits per heavy atom. The molecule has 142 valence electrons. The van der Waals surface area contributed by atoms with Crippen LogP contribution < -0.4 is 0 Å². The Labute approximate surface area is 150 Å². The normalized spacial score (nSPS) is 25.2. The molecule has 0 aliphatic heterocycles. The highest BCUT2D eigenvalue weighted by atomic mass is 16.4. The van der Waals surface area contributed by atoms with Crippen LogP contribution in [0.2, 0.25) is 0 Å². The maximum absolute atomic E-state index is 12.1. The largest absolute Gasteiger partial charge is 0.481 e. The first-order chi connectivity index (χ1) is 12.0. The molecule has 4 atom stereocenters. The molecule has 1 saturated carbocycles. The summed E-state index contributed by atoms with van der Waals surface area (Å²) in [4.78, 5) is 22.5. The van der Waals surface area contributed by atoms with E-state index in [1.807, 2.05) is 12.2 Å². The average Bonchev–Trinajstić information content (AvgIpc) is 2.82. The number of carboxylic acids is 1. The summed E-state index contributed by atoms with van der Waals surface area (Å²) in [5.41, 5.74) is 0. The summed E-state index contributed by atoms with van der Waals surface area (Å²) in [5, 5.41) is 28.7. The number of allylic oxidation sites excluding steroid dienone is 3. The maximum atomic E-state index is 12.1. The van der Waals surface area contributed by atoms with E-state index in [0.717, 1.165) is 19.3 Å². The molecule has 0 spiro atoms. The van der Waals surface area contributed by atoms with Gasteiger partial charge in [0.15, 0.2) is 0 Å². The Kier molecular flexibility index (Phi) is 10.3. The van der Waals surface area contributed by atoms with E-state index < -0.39 is 18.2 Å². The van der Waals surface area contributed by atoms with Gasteiger partial charge in [0.05, 0.1) is 12.2 Å². The summed E-state index contributed by atoms with van der Waals surface area (Å²) in [5.74, 6) is -1.29. The molecule has 0 saturated heterocycles. The van der Waals surface area contributed by atoms with Crippen molar-refractivity contribution in [2.45, 2.75) is 76.9 Å². The van der Waals surface area contributed by atoms with E-state index in [0.29, 0.717) is 25.7 Å². The number of aliphatic hydroxyl groups excluding tert-OH is 2. The second-order valence-corrected chi connectivity index (χ2v) is 6.87. The molecule has 0 heterocycles. The van der Waals surface area contributed by atoms with Gasteiger partial charge in [0.2, 0.25) is 0 Å². The number of unbranched alkanes of at least 4 members (excludes halogenated alkanes) is 3. The van der Waals surface area contributed by atoms with Crippen molar-refractivity contribution in [1.82, 2.24) is 0 Å². The standard InChI is InChI=1S/C20H32O5/c1-2-3-6-9-15(21)12-13-17-16(18(22)14-19(17)23)10-7-4-5-8-11-20(24)25/h4,7,12-13,15-18,21-22H,2-3,5-6,8-11,14H2,1H3,(H,24,25)/t15-,16-,17-,18-/m0/s1. The molecule has 3 N–H and O–H groups in total. The highest BCUT2D eigenvalue weighted by molar-refractivity contribution is 5.86. The third-order valence-electron chi connectivity index (χ3n) is 4.72. The fraction of sp³-hybridized carbons (Fsp3) is 0.700. The molecule has 5 heteroatoms. The summed E-state index contributed by atoms with van der Waals surface area (Å²) in [6, 6.07) is 0. The van der Waals surface area contributed by atoms with Crippen LogP contribution in [0.15, 0.2) is 24.3 Å². The van der Waals surface area contributed by atoms with E-state index in [2.05, 4.69) is 6.92 Å². The molecule has 5 nitrogen and oxygen atoms in total. The molecule has 0 radical (unpaired) electrons. The first-order valence-corrected chi connectivity index (χ1v) is 9.39.